The largest absolute Gasteiger partial charge is 0.493 e. The molecule has 10 heteroatoms. The molecule has 1 saturated carbocycles. The summed E-state index contributed by atoms with van der Waals surface area (Å²) in [6.07, 6.45) is 5.49. The smallest absolute Gasteiger partial charge is 0.228 e. The Bertz CT molecular complexity index is 1050. The zero-order valence-electron chi connectivity index (χ0n) is 19.1. The minimum absolute atomic E-state index is 0.0193. The van der Waals surface area contributed by atoms with Crippen LogP contribution < -0.4 is 25.4 Å². The summed E-state index contributed by atoms with van der Waals surface area (Å²) in [6.45, 7) is 2.28. The quantitative estimate of drug-likeness (QED) is 0.700. The van der Waals surface area contributed by atoms with E-state index in [-0.39, 0.29) is 28.7 Å². The average Bonchev–Trinajstić information content (AvgIpc) is 3.41. The highest BCUT2D eigenvalue weighted by atomic mass is 19.1. The summed E-state index contributed by atoms with van der Waals surface area (Å²) in [5, 5.41) is 4.03. The molecule has 1 aromatic heterocycles. The fraction of sp³-hybridized carbons (Fsp3) is 0.609. The van der Waals surface area contributed by atoms with Crippen molar-refractivity contribution in [1.82, 2.24) is 20.2 Å². The van der Waals surface area contributed by atoms with Crippen LogP contribution in [0.5, 0.6) is 11.5 Å². The lowest BCUT2D eigenvalue weighted by atomic mass is 10.0. The number of nitrogens with one attached hydrogen (secondary N) is 1. The van der Waals surface area contributed by atoms with Gasteiger partial charge in [0.15, 0.2) is 17.3 Å². The van der Waals surface area contributed by atoms with Crippen molar-refractivity contribution in [3.05, 3.63) is 11.9 Å². The number of hydrogen-bond donors (Lipinski definition) is 2. The zero-order valence-corrected chi connectivity index (χ0v) is 19.1. The molecule has 33 heavy (non-hydrogen) atoms. The Morgan fingerprint density at radius 3 is 2.70 bits per heavy atom. The third-order valence-electron chi connectivity index (χ3n) is 7.33. The number of nitrogens with zero attached hydrogens (tertiary/aromatic N) is 4. The van der Waals surface area contributed by atoms with Crippen LogP contribution in [-0.2, 0) is 4.79 Å². The molecule has 2 saturated heterocycles. The number of halogens is 1. The molecule has 0 unspecified atom stereocenters. The highest BCUT2D eigenvalue weighted by Gasteiger charge is 2.38. The van der Waals surface area contributed by atoms with Gasteiger partial charge in [0, 0.05) is 50.1 Å². The Kier molecular flexibility index (Phi) is 5.86. The van der Waals surface area contributed by atoms with Gasteiger partial charge in [0.05, 0.1) is 14.2 Å². The van der Waals surface area contributed by atoms with Gasteiger partial charge in [-0.3, -0.25) is 4.79 Å². The van der Waals surface area contributed by atoms with Gasteiger partial charge >= 0.3 is 0 Å². The number of carbonyl (C=O) groups is 1. The number of ether oxygens (including phenoxy) is 2. The van der Waals surface area contributed by atoms with E-state index >= 15 is 4.39 Å². The predicted octanol–water partition coefficient (Wildman–Crippen LogP) is 1.94. The van der Waals surface area contributed by atoms with Crippen molar-refractivity contribution in [1.29, 1.82) is 0 Å². The number of methoxy groups -OCH3 is 2. The van der Waals surface area contributed by atoms with Gasteiger partial charge in [-0.2, -0.15) is 4.98 Å². The lowest BCUT2D eigenvalue weighted by Gasteiger charge is -2.35. The van der Waals surface area contributed by atoms with E-state index in [0.717, 1.165) is 12.3 Å². The number of fused-ring (bicyclic) bond motifs is 2. The summed E-state index contributed by atoms with van der Waals surface area (Å²) in [6, 6.07) is 2.48. The van der Waals surface area contributed by atoms with Gasteiger partial charge in [-0.25, -0.2) is 9.37 Å². The number of nitrogens with two attached hydrogens (primary N) is 1. The van der Waals surface area contributed by atoms with Crippen LogP contribution >= 0.6 is 0 Å². The van der Waals surface area contributed by atoms with Crippen LogP contribution in [0.2, 0.25) is 0 Å². The van der Waals surface area contributed by atoms with E-state index in [1.165, 1.54) is 33.5 Å². The van der Waals surface area contributed by atoms with Crippen LogP contribution in [0.4, 0.5) is 16.2 Å². The Morgan fingerprint density at radius 2 is 2.00 bits per heavy atom. The van der Waals surface area contributed by atoms with E-state index in [1.54, 1.807) is 6.07 Å². The summed E-state index contributed by atoms with van der Waals surface area (Å²) in [4.78, 5) is 25.5. The second-order valence-electron chi connectivity index (χ2n) is 9.20. The Balaban J connectivity index is 1.26. The molecule has 1 aliphatic carbocycles. The second-order valence-corrected chi connectivity index (χ2v) is 9.20. The summed E-state index contributed by atoms with van der Waals surface area (Å²) in [5.74, 6) is 1.04. The van der Waals surface area contributed by atoms with E-state index in [4.69, 9.17) is 15.2 Å². The minimum atomic E-state index is -0.634. The number of amides is 1. The maximum Gasteiger partial charge on any atom is 0.228 e. The molecule has 0 radical (unpaired) electrons. The first-order valence-electron chi connectivity index (χ1n) is 11.6. The van der Waals surface area contributed by atoms with E-state index < -0.39 is 5.82 Å². The first-order chi connectivity index (χ1) is 16.0. The number of hydrogen-bond acceptors (Lipinski definition) is 8. The van der Waals surface area contributed by atoms with Crippen LogP contribution in [-0.4, -0.2) is 73.3 Å². The molecule has 3 atom stereocenters. The normalized spacial score (nSPS) is 24.9. The second kappa shape index (κ2) is 8.81. The monoisotopic (exact) mass is 458 g/mol. The Labute approximate surface area is 192 Å². The van der Waals surface area contributed by atoms with Crippen LogP contribution in [0.1, 0.15) is 32.1 Å². The molecule has 5 rings (SSSR count). The number of piperazine rings is 1. The molecule has 3 N–H and O–H groups in total. The molecule has 2 aliphatic heterocycles. The molecule has 3 aliphatic rings. The van der Waals surface area contributed by atoms with Gasteiger partial charge in [0.1, 0.15) is 11.3 Å². The number of nitrogen functional groups attached to an aromatic ring is 1. The van der Waals surface area contributed by atoms with Crippen molar-refractivity contribution in [2.24, 2.45) is 5.92 Å². The molecule has 178 valence electrons. The fourth-order valence-corrected chi connectivity index (χ4v) is 5.59. The minimum Gasteiger partial charge on any atom is -0.493 e. The number of rotatable bonds is 5. The Hall–Kier alpha value is -2.88. The molecule has 1 amide bonds. The van der Waals surface area contributed by atoms with Gasteiger partial charge in [0.25, 0.3) is 0 Å². The number of carbonyl (C=O) groups excluding carboxylic acids is 1. The third-order valence-corrected chi connectivity index (χ3v) is 7.33. The SMILES string of the molecule is COc1cc2c(N)nc(N3CCN(C(=O)C[C@@H]4C[C@@H]5CCC[C@@H]5N4)CC3)nc2c(F)c1OC. The summed E-state index contributed by atoms with van der Waals surface area (Å²) < 4.78 is 25.4. The third kappa shape index (κ3) is 4.01. The zero-order chi connectivity index (χ0) is 23.1. The maximum atomic E-state index is 15.1. The molecule has 9 nitrogen and oxygen atoms in total. The van der Waals surface area contributed by atoms with Crippen molar-refractivity contribution in [2.45, 2.75) is 44.2 Å². The van der Waals surface area contributed by atoms with E-state index in [0.29, 0.717) is 56.0 Å². The van der Waals surface area contributed by atoms with Crippen molar-refractivity contribution >= 4 is 28.6 Å². The van der Waals surface area contributed by atoms with Crippen molar-refractivity contribution in [2.75, 3.05) is 51.0 Å². The lowest BCUT2D eigenvalue weighted by molar-refractivity contribution is -0.132. The highest BCUT2D eigenvalue weighted by molar-refractivity contribution is 5.92. The molecule has 3 heterocycles. The molecule has 3 fully saturated rings. The van der Waals surface area contributed by atoms with Crippen molar-refractivity contribution < 1.29 is 18.7 Å². The first-order valence-corrected chi connectivity index (χ1v) is 11.6. The van der Waals surface area contributed by atoms with Crippen molar-refractivity contribution in [3.8, 4) is 11.5 Å². The number of benzene rings is 1. The number of aromatic nitrogens is 2. The molecule has 2 aromatic rings. The topological polar surface area (TPSA) is 106 Å². The summed E-state index contributed by atoms with van der Waals surface area (Å²) in [7, 11) is 2.81. The summed E-state index contributed by atoms with van der Waals surface area (Å²) >= 11 is 0. The van der Waals surface area contributed by atoms with E-state index in [9.17, 15) is 4.79 Å². The van der Waals surface area contributed by atoms with Gasteiger partial charge in [-0.1, -0.05) is 6.42 Å². The number of anilines is 2. The fourth-order valence-electron chi connectivity index (χ4n) is 5.59. The van der Waals surface area contributed by atoms with Gasteiger partial charge in [-0.15, -0.1) is 0 Å². The van der Waals surface area contributed by atoms with Gasteiger partial charge in [0.2, 0.25) is 11.9 Å². The first kappa shape index (κ1) is 21.9. The Morgan fingerprint density at radius 1 is 1.21 bits per heavy atom. The highest BCUT2D eigenvalue weighted by Crippen LogP contribution is 2.38. The average molecular weight is 459 g/mol. The van der Waals surface area contributed by atoms with E-state index in [1.807, 2.05) is 9.80 Å². The van der Waals surface area contributed by atoms with Gasteiger partial charge in [-0.05, 0) is 31.2 Å². The van der Waals surface area contributed by atoms with Crippen LogP contribution in [0.15, 0.2) is 6.07 Å². The molecule has 0 bridgehead atoms. The standard InChI is InChI=1S/C23H31FN6O3/c1-32-17-12-15-20(19(24)21(17)33-2)27-23(28-22(15)25)30-8-6-29(7-9-30)18(31)11-14-10-13-4-3-5-16(13)26-14/h12-14,16,26H,3-11H2,1-2H3,(H2,25,27,28)/t13-,14-,16-/m0/s1. The molecular formula is C23H31FN6O3. The molecule has 0 spiro atoms. The van der Waals surface area contributed by atoms with Crippen LogP contribution in [0.25, 0.3) is 10.9 Å². The summed E-state index contributed by atoms with van der Waals surface area (Å²) in [5.41, 5.74) is 6.23. The maximum absolute atomic E-state index is 15.1. The molecule has 1 aromatic carbocycles. The molecular weight excluding hydrogens is 427 g/mol. The van der Waals surface area contributed by atoms with Gasteiger partial charge < -0.3 is 30.3 Å². The van der Waals surface area contributed by atoms with Crippen LogP contribution in [0, 0.1) is 11.7 Å². The van der Waals surface area contributed by atoms with E-state index in [2.05, 4.69) is 15.3 Å². The predicted molar refractivity (Wildman–Crippen MR) is 123 cm³/mol. The van der Waals surface area contributed by atoms with Crippen molar-refractivity contribution in [3.63, 3.8) is 0 Å². The lowest BCUT2D eigenvalue weighted by Crippen LogP contribution is -2.50. The van der Waals surface area contributed by atoms with Crippen LogP contribution in [0.3, 0.4) is 0 Å².